The minimum Gasteiger partial charge on any atom is -0.383 e. The summed E-state index contributed by atoms with van der Waals surface area (Å²) in [6, 6.07) is 59.7. The highest BCUT2D eigenvalue weighted by Gasteiger charge is 2.24. The number of carbonyl (C=O) groups is 2. The Morgan fingerprint density at radius 2 is 1.05 bits per heavy atom. The third-order valence-electron chi connectivity index (χ3n) is 15.5. The van der Waals surface area contributed by atoms with Crippen LogP contribution in [0.5, 0.6) is 0 Å². The molecule has 0 spiro atoms. The molecule has 9 aromatic heterocycles. The van der Waals surface area contributed by atoms with Gasteiger partial charge in [-0.2, -0.15) is 15.8 Å². The smallest absolute Gasteiger partial charge is 0.180 e. The molecule has 5 N–H and O–H groups in total. The van der Waals surface area contributed by atoms with Gasteiger partial charge in [0.1, 0.15) is 28.6 Å². The van der Waals surface area contributed by atoms with E-state index in [1.54, 1.807) is 62.2 Å². The second-order valence-electron chi connectivity index (χ2n) is 21.9. The van der Waals surface area contributed by atoms with Crippen molar-refractivity contribution in [1.29, 1.82) is 15.8 Å². The van der Waals surface area contributed by atoms with E-state index in [1.165, 1.54) is 24.6 Å². The van der Waals surface area contributed by atoms with Gasteiger partial charge >= 0.3 is 0 Å². The van der Waals surface area contributed by atoms with Gasteiger partial charge in [-0.05, 0) is 228 Å². The molecule has 19 heteroatoms. The standard InChI is InChI=1S/C22H22N4O.C18H13ClN2O.C15H11N3.2C8H8N2.C5H5BrN2/c1-16-21(20(27)15-25-12-3-2-4-13-25)19-6-5-11-24-22(19)26(16)18-9-7-17(14-23)8-10-18;1-12-18(17(22)10-19)15-4-2-3-5-16(15)21(12)14-8-6-13(11-20)7-9-14;1-11-9-13-3-2-8-17-15(13)18(11)14-6-4-12(10-16)5-7-14;1-6-5-7-3-2-4-9-8(7)10-6;1-2-4-7-5-3-6-10-8(7)9;6-4-2-1-3-8-5(4)7/h5-11H,2-4,12-13,15H2,1H3;2-9H,10H2,1H3;2-9H,1H3;2-5H,1H3,(H,9,10);3,5-6H,1H3,(H2,9,10);1-3H,(H2,7,8). The Morgan fingerprint density at radius 1 is 0.547 bits per heavy atom. The molecular formula is C76H67BrClN15O2. The van der Waals surface area contributed by atoms with Crippen LogP contribution in [0.3, 0.4) is 0 Å². The Hall–Kier alpha value is -11.5. The highest BCUT2D eigenvalue weighted by molar-refractivity contribution is 9.10. The molecule has 0 radical (unpaired) electrons. The number of halogens is 2. The average molecular weight is 1340 g/mol. The number of para-hydroxylation sites is 1. The lowest BCUT2D eigenvalue weighted by Crippen LogP contribution is -2.34. The summed E-state index contributed by atoms with van der Waals surface area (Å²) in [4.78, 5) is 51.6. The van der Waals surface area contributed by atoms with Crippen LogP contribution < -0.4 is 11.5 Å². The van der Waals surface area contributed by atoms with E-state index in [0.717, 1.165) is 107 Å². The highest BCUT2D eigenvalue weighted by atomic mass is 79.9. The van der Waals surface area contributed by atoms with Crippen molar-refractivity contribution in [1.82, 2.24) is 48.5 Å². The summed E-state index contributed by atoms with van der Waals surface area (Å²) in [6.45, 7) is 12.2. The highest BCUT2D eigenvalue weighted by Crippen LogP contribution is 2.32. The summed E-state index contributed by atoms with van der Waals surface area (Å²) in [7, 11) is 0. The predicted molar refractivity (Wildman–Crippen MR) is 382 cm³/mol. The number of aryl methyl sites for hydroxylation is 2. The molecule has 0 bridgehead atoms. The van der Waals surface area contributed by atoms with Crippen LogP contribution in [0.15, 0.2) is 205 Å². The maximum atomic E-state index is 13.2. The van der Waals surface area contributed by atoms with Gasteiger partial charge in [-0.15, -0.1) is 17.5 Å². The maximum absolute atomic E-state index is 13.2. The molecule has 13 aromatic rings. The number of nitrogens with two attached hydrogens (primary N) is 2. The zero-order chi connectivity index (χ0) is 67.4. The number of hydrogen-bond acceptors (Lipinski definition) is 13. The Bertz CT molecular complexity index is 4980. The summed E-state index contributed by atoms with van der Waals surface area (Å²) in [5.74, 6) is 6.66. The summed E-state index contributed by atoms with van der Waals surface area (Å²) in [5.41, 5.74) is 25.5. The van der Waals surface area contributed by atoms with Gasteiger partial charge in [0, 0.05) is 103 Å². The second kappa shape index (κ2) is 32.7. The molecule has 472 valence electrons. The third-order valence-corrected chi connectivity index (χ3v) is 16.4. The molecule has 14 rings (SSSR count). The number of ketones is 2. The molecular weight excluding hydrogens is 1270 g/mol. The number of pyridine rings is 5. The fraction of sp³-hybridized carbons (Fsp3) is 0.158. The SMILES string of the molecule is CC#Cc1cccnc1N.Cc1c(C(=O)CCl)c2ccccc2n1-c1ccc(C#N)cc1.Cc1c(C(=O)CN2CCCCC2)c2cccnc2n1-c1ccc(C#N)cc1.Cc1cc2cccnc2[nH]1.Cc1cc2cccnc2n1-c1ccc(C#N)cc1.Nc1ncccc1Br. The van der Waals surface area contributed by atoms with Crippen molar-refractivity contribution in [2.45, 2.75) is 53.9 Å². The summed E-state index contributed by atoms with van der Waals surface area (Å²) in [5, 5.41) is 30.9. The van der Waals surface area contributed by atoms with E-state index in [0.29, 0.717) is 40.4 Å². The van der Waals surface area contributed by atoms with Gasteiger partial charge in [-0.25, -0.2) is 24.9 Å². The normalized spacial score (nSPS) is 11.4. The number of nitriles is 3. The Morgan fingerprint density at radius 3 is 1.62 bits per heavy atom. The molecule has 1 fully saturated rings. The van der Waals surface area contributed by atoms with Gasteiger partial charge in [-0.3, -0.25) is 23.6 Å². The predicted octanol–water partition coefficient (Wildman–Crippen LogP) is 15.6. The Balaban J connectivity index is 0.000000141. The molecule has 0 unspecified atom stereocenters. The van der Waals surface area contributed by atoms with E-state index in [2.05, 4.69) is 110 Å². The molecule has 4 aromatic carbocycles. The Labute approximate surface area is 564 Å². The van der Waals surface area contributed by atoms with Gasteiger partial charge in [0.2, 0.25) is 0 Å². The zero-order valence-electron chi connectivity index (χ0n) is 53.1. The Kier molecular flexibility index (Phi) is 23.3. The number of likely N-dealkylation sites (tertiary alicyclic amines) is 1. The summed E-state index contributed by atoms with van der Waals surface area (Å²) < 4.78 is 6.98. The number of alkyl halides is 1. The number of Topliss-reactive ketones (excluding diaryl/α,β-unsaturated/α-hetero) is 2. The van der Waals surface area contributed by atoms with E-state index in [9.17, 15) is 9.59 Å². The number of carbonyl (C=O) groups excluding carboxylic acids is 2. The number of nitrogens with one attached hydrogen (secondary N) is 1. The van der Waals surface area contributed by atoms with Crippen molar-refractivity contribution in [3.8, 4) is 47.1 Å². The lowest BCUT2D eigenvalue weighted by molar-refractivity contribution is 0.0916. The molecule has 10 heterocycles. The topological polar surface area (TPSA) is 256 Å². The van der Waals surface area contributed by atoms with Gasteiger partial charge in [0.05, 0.1) is 62.9 Å². The van der Waals surface area contributed by atoms with Gasteiger partial charge in [0.15, 0.2) is 11.6 Å². The summed E-state index contributed by atoms with van der Waals surface area (Å²) in [6.07, 6.45) is 12.2. The number of H-pyrrole nitrogens is 1. The van der Waals surface area contributed by atoms with E-state index in [4.69, 9.17) is 38.9 Å². The number of fused-ring (bicyclic) bond motifs is 4. The number of aromatic amines is 1. The minimum atomic E-state index is -0.0808. The van der Waals surface area contributed by atoms with Gasteiger partial charge in [0.25, 0.3) is 0 Å². The number of nitrogens with zero attached hydrogens (tertiary/aromatic N) is 12. The first kappa shape index (κ1) is 67.9. The van der Waals surface area contributed by atoms with Crippen LogP contribution in [0, 0.1) is 73.5 Å². The molecule has 17 nitrogen and oxygen atoms in total. The lowest BCUT2D eigenvalue weighted by atomic mass is 10.1. The second-order valence-corrected chi connectivity index (χ2v) is 23.0. The first-order valence-electron chi connectivity index (χ1n) is 30.4. The van der Waals surface area contributed by atoms with Crippen molar-refractivity contribution in [2.24, 2.45) is 0 Å². The molecule has 1 aliphatic heterocycles. The van der Waals surface area contributed by atoms with Crippen molar-refractivity contribution in [2.75, 3.05) is 37.0 Å². The molecule has 0 aliphatic carbocycles. The number of hydrogen-bond donors (Lipinski definition) is 3. The average Bonchev–Trinajstić information content (AvgIpc) is 1.62. The quantitative estimate of drug-likeness (QED) is 0.0727. The van der Waals surface area contributed by atoms with Crippen LogP contribution in [0.4, 0.5) is 11.6 Å². The molecule has 95 heavy (non-hydrogen) atoms. The molecule has 1 aliphatic rings. The van der Waals surface area contributed by atoms with Gasteiger partial charge in [-0.1, -0.05) is 30.5 Å². The number of aromatic nitrogens is 9. The van der Waals surface area contributed by atoms with Crippen LogP contribution in [-0.2, 0) is 0 Å². The number of piperidine rings is 1. The molecule has 0 atom stereocenters. The lowest BCUT2D eigenvalue weighted by Gasteiger charge is -2.25. The fourth-order valence-electron chi connectivity index (χ4n) is 11.1. The van der Waals surface area contributed by atoms with Crippen molar-refractivity contribution in [3.05, 3.63) is 261 Å². The summed E-state index contributed by atoms with van der Waals surface area (Å²) >= 11 is 8.97. The first-order valence-corrected chi connectivity index (χ1v) is 31.7. The zero-order valence-corrected chi connectivity index (χ0v) is 55.4. The molecule has 1 saturated heterocycles. The number of anilines is 2. The third kappa shape index (κ3) is 16.6. The van der Waals surface area contributed by atoms with E-state index >= 15 is 0 Å². The number of rotatable bonds is 8. The van der Waals surface area contributed by atoms with Crippen LogP contribution in [-0.4, -0.2) is 85.6 Å². The van der Waals surface area contributed by atoms with Crippen molar-refractivity contribution < 1.29 is 9.59 Å². The van der Waals surface area contributed by atoms with E-state index < -0.39 is 0 Å². The number of benzene rings is 4. The molecule has 0 saturated carbocycles. The van der Waals surface area contributed by atoms with Crippen molar-refractivity contribution >= 4 is 94.7 Å². The monoisotopic (exact) mass is 1340 g/mol. The first-order chi connectivity index (χ1) is 46.2. The maximum Gasteiger partial charge on any atom is 0.180 e. The van der Waals surface area contributed by atoms with E-state index in [-0.39, 0.29) is 17.4 Å². The fourth-order valence-corrected chi connectivity index (χ4v) is 11.5. The largest absolute Gasteiger partial charge is 0.383 e. The van der Waals surface area contributed by atoms with Crippen LogP contribution in [0.25, 0.3) is 61.1 Å². The van der Waals surface area contributed by atoms with Crippen LogP contribution in [0.1, 0.15) is 91.9 Å². The minimum absolute atomic E-state index is 0.0395. The van der Waals surface area contributed by atoms with E-state index in [1.807, 2.05) is 157 Å². The van der Waals surface area contributed by atoms with Crippen molar-refractivity contribution in [3.63, 3.8) is 0 Å². The van der Waals surface area contributed by atoms with Gasteiger partial charge < -0.3 is 21.0 Å². The van der Waals surface area contributed by atoms with Crippen LogP contribution in [0.2, 0.25) is 0 Å². The molecule has 0 amide bonds. The number of nitrogen functional groups attached to an aromatic ring is 2. The van der Waals surface area contributed by atoms with Crippen LogP contribution >= 0.6 is 27.5 Å².